The van der Waals surface area contributed by atoms with Crippen LogP contribution in [0, 0.1) is 5.92 Å². The summed E-state index contributed by atoms with van der Waals surface area (Å²) in [6, 6.07) is -0.322. The number of nitrogens with zero attached hydrogens (tertiary/aromatic N) is 2. The fraction of sp³-hybridized carbons (Fsp3) is 0.840. The molecule has 3 aliphatic rings. The molecule has 1 amide bonds. The largest absolute Gasteiger partial charge is 0.490 e. The SMILES string of the molecule is CCOC(=O)C(C1CCN(C(=O)OC(C)(C)C)CC1)N1CC=C(B2OC(C)(C)C(C)(C)O2)CC1. The predicted molar refractivity (Wildman–Crippen MR) is 131 cm³/mol. The molecule has 3 heterocycles. The van der Waals surface area contributed by atoms with Gasteiger partial charge in [-0.3, -0.25) is 9.69 Å². The Morgan fingerprint density at radius 2 is 1.71 bits per heavy atom. The van der Waals surface area contributed by atoms with E-state index >= 15 is 0 Å². The van der Waals surface area contributed by atoms with Crippen molar-refractivity contribution in [3.05, 3.63) is 11.5 Å². The number of carbonyl (C=O) groups excluding carboxylic acids is 2. The number of likely N-dealkylation sites (tertiary alicyclic amines) is 1. The van der Waals surface area contributed by atoms with Crippen LogP contribution < -0.4 is 0 Å². The fourth-order valence-electron chi connectivity index (χ4n) is 4.75. The number of piperidine rings is 1. The molecular weight excluding hydrogens is 435 g/mol. The van der Waals surface area contributed by atoms with Crippen LogP contribution in [0.3, 0.4) is 0 Å². The van der Waals surface area contributed by atoms with Crippen LogP contribution in [0.5, 0.6) is 0 Å². The summed E-state index contributed by atoms with van der Waals surface area (Å²) in [6.45, 7) is 18.6. The van der Waals surface area contributed by atoms with Crippen molar-refractivity contribution in [2.24, 2.45) is 5.92 Å². The molecule has 3 rings (SSSR count). The van der Waals surface area contributed by atoms with Crippen LogP contribution in [0.4, 0.5) is 4.79 Å². The zero-order valence-electron chi connectivity index (χ0n) is 22.3. The van der Waals surface area contributed by atoms with Gasteiger partial charge in [-0.25, -0.2) is 4.79 Å². The molecule has 0 aromatic heterocycles. The van der Waals surface area contributed by atoms with Crippen molar-refractivity contribution < 1.29 is 28.4 Å². The molecule has 9 heteroatoms. The van der Waals surface area contributed by atoms with E-state index in [0.717, 1.165) is 31.3 Å². The van der Waals surface area contributed by atoms with E-state index in [0.29, 0.717) is 26.2 Å². The third-order valence-electron chi connectivity index (χ3n) is 7.39. The Hall–Kier alpha value is -1.58. The summed E-state index contributed by atoms with van der Waals surface area (Å²) < 4.78 is 23.4. The molecule has 0 aromatic rings. The van der Waals surface area contributed by atoms with E-state index < -0.39 is 5.60 Å². The van der Waals surface area contributed by atoms with Gasteiger partial charge in [0.2, 0.25) is 0 Å². The number of hydrogen-bond donors (Lipinski definition) is 0. The lowest BCUT2D eigenvalue weighted by atomic mass is 9.74. The van der Waals surface area contributed by atoms with Crippen LogP contribution in [0.2, 0.25) is 0 Å². The van der Waals surface area contributed by atoms with E-state index in [4.69, 9.17) is 18.8 Å². The molecule has 0 spiro atoms. The molecule has 2 saturated heterocycles. The number of amides is 1. The molecule has 0 bridgehead atoms. The van der Waals surface area contributed by atoms with Crippen molar-refractivity contribution >= 4 is 19.2 Å². The summed E-state index contributed by atoms with van der Waals surface area (Å²) in [5.74, 6) is -0.0461. The molecule has 0 N–H and O–H groups in total. The summed E-state index contributed by atoms with van der Waals surface area (Å²) in [6.07, 6.45) is 4.13. The minimum Gasteiger partial charge on any atom is -0.465 e. The average Bonchev–Trinajstić information content (AvgIpc) is 2.95. The normalized spacial score (nSPS) is 24.5. The first kappa shape index (κ1) is 27.0. The Kier molecular flexibility index (Phi) is 8.10. The first-order valence-corrected chi connectivity index (χ1v) is 12.7. The lowest BCUT2D eigenvalue weighted by Gasteiger charge is -2.41. The van der Waals surface area contributed by atoms with Gasteiger partial charge in [0.25, 0.3) is 0 Å². The van der Waals surface area contributed by atoms with Crippen LogP contribution in [0.15, 0.2) is 11.5 Å². The molecular formula is C25H43BN2O6. The van der Waals surface area contributed by atoms with Gasteiger partial charge < -0.3 is 23.7 Å². The average molecular weight is 478 g/mol. The van der Waals surface area contributed by atoms with Crippen molar-refractivity contribution in [2.75, 3.05) is 32.8 Å². The van der Waals surface area contributed by atoms with E-state index in [1.54, 1.807) is 4.90 Å². The highest BCUT2D eigenvalue weighted by molar-refractivity contribution is 6.54. The molecule has 8 nitrogen and oxygen atoms in total. The van der Waals surface area contributed by atoms with Crippen molar-refractivity contribution in [1.29, 1.82) is 0 Å². The summed E-state index contributed by atoms with van der Waals surface area (Å²) in [7, 11) is -0.342. The van der Waals surface area contributed by atoms with Crippen LogP contribution in [0.1, 0.15) is 74.7 Å². The van der Waals surface area contributed by atoms with Crippen molar-refractivity contribution in [3.63, 3.8) is 0 Å². The van der Waals surface area contributed by atoms with Crippen LogP contribution in [-0.2, 0) is 23.6 Å². The highest BCUT2D eigenvalue weighted by Gasteiger charge is 2.52. The van der Waals surface area contributed by atoms with E-state index in [-0.39, 0.29) is 42.3 Å². The molecule has 1 atom stereocenters. The van der Waals surface area contributed by atoms with Gasteiger partial charge in [-0.15, -0.1) is 0 Å². The summed E-state index contributed by atoms with van der Waals surface area (Å²) in [4.78, 5) is 29.4. The Morgan fingerprint density at radius 3 is 2.18 bits per heavy atom. The molecule has 0 aliphatic carbocycles. The maximum atomic E-state index is 13.0. The molecule has 3 aliphatic heterocycles. The zero-order valence-corrected chi connectivity index (χ0v) is 22.3. The molecule has 0 saturated carbocycles. The first-order valence-electron chi connectivity index (χ1n) is 12.7. The van der Waals surface area contributed by atoms with Gasteiger partial charge in [0.15, 0.2) is 0 Å². The topological polar surface area (TPSA) is 77.5 Å². The van der Waals surface area contributed by atoms with Crippen molar-refractivity contribution in [1.82, 2.24) is 9.80 Å². The quantitative estimate of drug-likeness (QED) is 0.439. The van der Waals surface area contributed by atoms with Crippen molar-refractivity contribution in [3.8, 4) is 0 Å². The smallest absolute Gasteiger partial charge is 0.465 e. The number of hydrogen-bond acceptors (Lipinski definition) is 7. The Labute approximate surface area is 205 Å². The highest BCUT2D eigenvalue weighted by atomic mass is 16.7. The molecule has 0 aromatic carbocycles. The first-order chi connectivity index (χ1) is 15.7. The fourth-order valence-corrected chi connectivity index (χ4v) is 4.75. The zero-order chi connectivity index (χ0) is 25.3. The van der Waals surface area contributed by atoms with Gasteiger partial charge in [-0.1, -0.05) is 6.08 Å². The monoisotopic (exact) mass is 478 g/mol. The number of ether oxygens (including phenoxy) is 2. The second kappa shape index (κ2) is 10.2. The maximum Gasteiger partial charge on any atom is 0.490 e. The van der Waals surface area contributed by atoms with E-state index in [1.165, 1.54) is 0 Å². The second-order valence-electron chi connectivity index (χ2n) is 11.6. The molecule has 1 unspecified atom stereocenters. The lowest BCUT2D eigenvalue weighted by Crippen LogP contribution is -2.53. The van der Waals surface area contributed by atoms with Crippen molar-refractivity contribution in [2.45, 2.75) is 97.5 Å². The number of esters is 1. The second-order valence-corrected chi connectivity index (χ2v) is 11.6. The Balaban J connectivity index is 1.64. The molecule has 192 valence electrons. The van der Waals surface area contributed by atoms with Gasteiger partial charge >= 0.3 is 19.2 Å². The number of carbonyl (C=O) groups is 2. The minimum atomic E-state index is -0.517. The number of rotatable bonds is 5. The third kappa shape index (κ3) is 6.15. The minimum absolute atomic E-state index is 0.129. The van der Waals surface area contributed by atoms with Gasteiger partial charge in [0.05, 0.1) is 17.8 Å². The Morgan fingerprint density at radius 1 is 1.12 bits per heavy atom. The molecule has 2 fully saturated rings. The van der Waals surface area contributed by atoms with E-state index in [2.05, 4.69) is 38.7 Å². The summed E-state index contributed by atoms with van der Waals surface area (Å²) in [5.41, 5.74) is -0.121. The predicted octanol–water partition coefficient (Wildman–Crippen LogP) is 3.83. The van der Waals surface area contributed by atoms with Crippen LogP contribution >= 0.6 is 0 Å². The lowest BCUT2D eigenvalue weighted by molar-refractivity contribution is -0.152. The van der Waals surface area contributed by atoms with E-state index in [9.17, 15) is 9.59 Å². The van der Waals surface area contributed by atoms with Gasteiger partial charge in [-0.05, 0) is 86.0 Å². The summed E-state index contributed by atoms with van der Waals surface area (Å²) in [5, 5.41) is 0. The van der Waals surface area contributed by atoms with Gasteiger partial charge in [0, 0.05) is 26.2 Å². The van der Waals surface area contributed by atoms with Gasteiger partial charge in [0.1, 0.15) is 11.6 Å². The van der Waals surface area contributed by atoms with Crippen LogP contribution in [0.25, 0.3) is 0 Å². The standard InChI is InChI=1S/C25H43BN2O6/c1-9-31-21(29)20(18-10-14-28(15-11-18)22(30)32-23(2,3)4)27-16-12-19(13-17-27)26-33-24(5,6)25(7,8)34-26/h12,18,20H,9-11,13-17H2,1-8H3. The van der Waals surface area contributed by atoms with E-state index in [1.807, 2.05) is 27.7 Å². The molecule has 34 heavy (non-hydrogen) atoms. The maximum absolute atomic E-state index is 13.0. The highest BCUT2D eigenvalue weighted by Crippen LogP contribution is 2.40. The summed E-state index contributed by atoms with van der Waals surface area (Å²) >= 11 is 0. The third-order valence-corrected chi connectivity index (χ3v) is 7.39. The van der Waals surface area contributed by atoms with Gasteiger partial charge in [-0.2, -0.15) is 0 Å². The Bertz CT molecular complexity index is 767. The molecule has 0 radical (unpaired) electrons. The van der Waals surface area contributed by atoms with Crippen LogP contribution in [-0.4, -0.2) is 84.6 Å².